The third-order valence-electron chi connectivity index (χ3n) is 6.50. The first-order valence-electron chi connectivity index (χ1n) is 11.0. The van der Waals surface area contributed by atoms with Gasteiger partial charge in [-0.3, -0.25) is 9.10 Å². The number of rotatable bonds is 5. The molecular weight excluding hydrogens is 396 g/mol. The van der Waals surface area contributed by atoms with E-state index in [1.54, 1.807) is 36.4 Å². The van der Waals surface area contributed by atoms with Gasteiger partial charge in [-0.05, 0) is 68.9 Å². The highest BCUT2D eigenvalue weighted by molar-refractivity contribution is 7.92. The first-order valence-corrected chi connectivity index (χ1v) is 12.4. The van der Waals surface area contributed by atoms with E-state index in [9.17, 15) is 13.2 Å². The van der Waals surface area contributed by atoms with Crippen molar-refractivity contribution in [1.29, 1.82) is 0 Å². The predicted molar refractivity (Wildman–Crippen MR) is 119 cm³/mol. The van der Waals surface area contributed by atoms with E-state index in [4.69, 9.17) is 0 Å². The van der Waals surface area contributed by atoms with E-state index in [1.165, 1.54) is 30.0 Å². The molecule has 4 rings (SSSR count). The normalized spacial score (nSPS) is 21.7. The summed E-state index contributed by atoms with van der Waals surface area (Å²) in [6, 6.07) is 15.9. The van der Waals surface area contributed by atoms with E-state index in [2.05, 4.69) is 0 Å². The molecular formula is C24H30N2O3S. The van der Waals surface area contributed by atoms with Crippen molar-refractivity contribution in [1.82, 2.24) is 4.90 Å². The summed E-state index contributed by atoms with van der Waals surface area (Å²) in [7, 11) is -3.75. The topological polar surface area (TPSA) is 57.7 Å². The number of sulfonamides is 1. The van der Waals surface area contributed by atoms with Crippen LogP contribution in [0.25, 0.3) is 0 Å². The van der Waals surface area contributed by atoms with Crippen molar-refractivity contribution in [2.24, 2.45) is 5.92 Å². The van der Waals surface area contributed by atoms with Crippen LogP contribution in [0.15, 0.2) is 59.5 Å². The zero-order chi connectivity index (χ0) is 21.1. The van der Waals surface area contributed by atoms with Gasteiger partial charge < -0.3 is 4.90 Å². The van der Waals surface area contributed by atoms with E-state index < -0.39 is 10.0 Å². The number of nitrogens with zero attached hydrogens (tertiary/aromatic N) is 2. The Morgan fingerprint density at radius 1 is 1.00 bits per heavy atom. The summed E-state index contributed by atoms with van der Waals surface area (Å²) in [4.78, 5) is 15.5. The Balaban J connectivity index is 1.62. The second-order valence-electron chi connectivity index (χ2n) is 8.29. The molecule has 1 heterocycles. The average molecular weight is 427 g/mol. The highest BCUT2D eigenvalue weighted by Gasteiger charge is 2.36. The van der Waals surface area contributed by atoms with Crippen LogP contribution in [-0.2, 0) is 10.0 Å². The standard InChI is InChI=1S/C24H30N2O3S/c1-2-26(21-13-4-3-5-14-21)30(28,29)22-15-8-11-20(18-22)24(27)25-17-9-12-19-10-6-7-16-23(19)25/h3-5,8,11,13-15,18-19,23H,2,6-7,9-10,12,16-17H2,1H3. The fourth-order valence-electron chi connectivity index (χ4n) is 5.05. The average Bonchev–Trinajstić information content (AvgIpc) is 2.79. The number of likely N-dealkylation sites (tertiary alicyclic amines) is 1. The van der Waals surface area contributed by atoms with Crippen LogP contribution in [0.2, 0.25) is 0 Å². The van der Waals surface area contributed by atoms with Crippen LogP contribution >= 0.6 is 0 Å². The van der Waals surface area contributed by atoms with Gasteiger partial charge in [0, 0.05) is 24.7 Å². The van der Waals surface area contributed by atoms with Crippen molar-refractivity contribution < 1.29 is 13.2 Å². The Kier molecular flexibility index (Phi) is 6.14. The van der Waals surface area contributed by atoms with Gasteiger partial charge in [-0.2, -0.15) is 0 Å². The van der Waals surface area contributed by atoms with Crippen molar-refractivity contribution >= 4 is 21.6 Å². The van der Waals surface area contributed by atoms with Crippen LogP contribution in [0.5, 0.6) is 0 Å². The molecule has 1 aliphatic carbocycles. The lowest BCUT2D eigenvalue weighted by Gasteiger charge is -2.44. The molecule has 2 fully saturated rings. The lowest BCUT2D eigenvalue weighted by molar-refractivity contribution is 0.0390. The van der Waals surface area contributed by atoms with E-state index >= 15 is 0 Å². The van der Waals surface area contributed by atoms with Crippen LogP contribution in [0.1, 0.15) is 55.8 Å². The number of hydrogen-bond acceptors (Lipinski definition) is 3. The number of carbonyl (C=O) groups excluding carboxylic acids is 1. The van der Waals surface area contributed by atoms with E-state index in [1.807, 2.05) is 30.0 Å². The van der Waals surface area contributed by atoms with Crippen molar-refractivity contribution in [3.05, 3.63) is 60.2 Å². The number of fused-ring (bicyclic) bond motifs is 1. The molecule has 1 aliphatic heterocycles. The maximum Gasteiger partial charge on any atom is 0.264 e. The van der Waals surface area contributed by atoms with Crippen molar-refractivity contribution in [3.63, 3.8) is 0 Å². The summed E-state index contributed by atoms with van der Waals surface area (Å²) in [5.74, 6) is 0.559. The molecule has 30 heavy (non-hydrogen) atoms. The molecule has 2 aromatic carbocycles. The second-order valence-corrected chi connectivity index (χ2v) is 10.1. The van der Waals surface area contributed by atoms with E-state index in [0.29, 0.717) is 29.8 Å². The van der Waals surface area contributed by atoms with Gasteiger partial charge in [0.2, 0.25) is 0 Å². The SMILES string of the molecule is CCN(c1ccccc1)S(=O)(=O)c1cccc(C(=O)N2CCCC3CCCCC32)c1. The van der Waals surface area contributed by atoms with Gasteiger partial charge in [-0.25, -0.2) is 8.42 Å². The molecule has 1 saturated carbocycles. The number of piperidine rings is 1. The molecule has 1 saturated heterocycles. The van der Waals surface area contributed by atoms with Crippen LogP contribution in [-0.4, -0.2) is 38.4 Å². The molecule has 2 aromatic rings. The Morgan fingerprint density at radius 2 is 1.73 bits per heavy atom. The Bertz CT molecular complexity index is 989. The quantitative estimate of drug-likeness (QED) is 0.696. The number of anilines is 1. The van der Waals surface area contributed by atoms with Crippen molar-refractivity contribution in [2.75, 3.05) is 17.4 Å². The Hall–Kier alpha value is -2.34. The summed E-state index contributed by atoms with van der Waals surface area (Å²) in [5, 5.41) is 0. The summed E-state index contributed by atoms with van der Waals surface area (Å²) < 4.78 is 28.1. The van der Waals surface area contributed by atoms with Crippen LogP contribution < -0.4 is 4.31 Å². The van der Waals surface area contributed by atoms with Gasteiger partial charge in [0.15, 0.2) is 0 Å². The number of para-hydroxylation sites is 1. The molecule has 0 radical (unpaired) electrons. The van der Waals surface area contributed by atoms with Gasteiger partial charge in [0.1, 0.15) is 0 Å². The maximum atomic E-state index is 13.4. The van der Waals surface area contributed by atoms with E-state index in [0.717, 1.165) is 19.4 Å². The molecule has 0 bridgehead atoms. The maximum absolute atomic E-state index is 13.4. The zero-order valence-corrected chi connectivity index (χ0v) is 18.4. The fourth-order valence-corrected chi connectivity index (χ4v) is 6.57. The Labute approximate surface area is 179 Å². The molecule has 5 nitrogen and oxygen atoms in total. The van der Waals surface area contributed by atoms with Crippen molar-refractivity contribution in [2.45, 2.75) is 56.4 Å². The number of amides is 1. The molecule has 0 N–H and O–H groups in total. The lowest BCUT2D eigenvalue weighted by Crippen LogP contribution is -2.49. The summed E-state index contributed by atoms with van der Waals surface area (Å²) in [6.45, 7) is 2.90. The zero-order valence-electron chi connectivity index (χ0n) is 17.5. The molecule has 2 unspecified atom stereocenters. The minimum Gasteiger partial charge on any atom is -0.335 e. The van der Waals surface area contributed by atoms with Crippen LogP contribution in [0, 0.1) is 5.92 Å². The molecule has 0 spiro atoms. The molecule has 6 heteroatoms. The minimum atomic E-state index is -3.75. The van der Waals surface area contributed by atoms with Gasteiger partial charge in [0.05, 0.1) is 10.6 Å². The number of carbonyl (C=O) groups is 1. The van der Waals surface area contributed by atoms with Gasteiger partial charge in [-0.15, -0.1) is 0 Å². The summed E-state index contributed by atoms with van der Waals surface area (Å²) in [5.41, 5.74) is 1.09. The fraction of sp³-hybridized carbons (Fsp3) is 0.458. The summed E-state index contributed by atoms with van der Waals surface area (Å²) in [6.07, 6.45) is 6.91. The first-order chi connectivity index (χ1) is 14.5. The number of hydrogen-bond donors (Lipinski definition) is 0. The van der Waals surface area contributed by atoms with Crippen LogP contribution in [0.3, 0.4) is 0 Å². The molecule has 160 valence electrons. The van der Waals surface area contributed by atoms with Crippen LogP contribution in [0.4, 0.5) is 5.69 Å². The molecule has 0 aromatic heterocycles. The highest BCUT2D eigenvalue weighted by atomic mass is 32.2. The monoisotopic (exact) mass is 426 g/mol. The van der Waals surface area contributed by atoms with Gasteiger partial charge in [-0.1, -0.05) is 37.1 Å². The Morgan fingerprint density at radius 3 is 2.50 bits per heavy atom. The highest BCUT2D eigenvalue weighted by Crippen LogP contribution is 2.36. The third-order valence-corrected chi connectivity index (χ3v) is 8.40. The van der Waals surface area contributed by atoms with Gasteiger partial charge in [0.25, 0.3) is 15.9 Å². The largest absolute Gasteiger partial charge is 0.335 e. The van der Waals surface area contributed by atoms with Gasteiger partial charge >= 0.3 is 0 Å². The smallest absolute Gasteiger partial charge is 0.264 e. The van der Waals surface area contributed by atoms with Crippen molar-refractivity contribution in [3.8, 4) is 0 Å². The summed E-state index contributed by atoms with van der Waals surface area (Å²) >= 11 is 0. The lowest BCUT2D eigenvalue weighted by atomic mass is 9.78. The predicted octanol–water partition coefficient (Wildman–Crippen LogP) is 4.70. The molecule has 1 amide bonds. The molecule has 2 atom stereocenters. The molecule has 2 aliphatic rings. The third kappa shape index (κ3) is 3.97. The first kappa shape index (κ1) is 20.9. The minimum absolute atomic E-state index is 0.0357. The second kappa shape index (κ2) is 8.80. The number of benzene rings is 2. The van der Waals surface area contributed by atoms with E-state index in [-0.39, 0.29) is 10.8 Å².